The lowest BCUT2D eigenvalue weighted by Gasteiger charge is -2.25. The minimum absolute atomic E-state index is 0.201. The van der Waals surface area contributed by atoms with E-state index in [0.29, 0.717) is 24.0 Å². The number of aliphatic carboxylic acids is 1. The number of carboxylic acids is 1. The van der Waals surface area contributed by atoms with E-state index in [2.05, 4.69) is 5.32 Å². The van der Waals surface area contributed by atoms with Crippen molar-refractivity contribution in [1.82, 2.24) is 9.88 Å². The molecular formula is C35H38N2O4. The standard InChI is InChI=1S/C35H38N2O4/c1-4-5-11-32(37-23-25(3)20-30(35(37)41)21-26-9-7-6-8-10-26)34(40)36-31(22-33(38)39)29-18-16-28(17-19-29)27-14-12-24(2)13-15-27/h6-10,12-20,23,31-32H,4-5,11,21-22H2,1-3H3,(H,36,40)(H,38,39)/t31-,32?/m0/s1. The number of hydrogen-bond donors (Lipinski definition) is 2. The molecule has 1 heterocycles. The Kier molecular flexibility index (Phi) is 9.91. The lowest BCUT2D eigenvalue weighted by Crippen LogP contribution is -2.40. The van der Waals surface area contributed by atoms with E-state index in [4.69, 9.17) is 0 Å². The van der Waals surface area contributed by atoms with Gasteiger partial charge < -0.3 is 15.0 Å². The maximum atomic E-state index is 13.8. The van der Waals surface area contributed by atoms with E-state index in [1.807, 2.05) is 106 Å². The molecule has 6 nitrogen and oxygen atoms in total. The third kappa shape index (κ3) is 7.82. The van der Waals surface area contributed by atoms with Gasteiger partial charge in [-0.3, -0.25) is 14.4 Å². The summed E-state index contributed by atoms with van der Waals surface area (Å²) >= 11 is 0. The lowest BCUT2D eigenvalue weighted by atomic mass is 9.98. The SMILES string of the molecule is CCCCC(C(=O)N[C@@H](CC(=O)O)c1ccc(-c2ccc(C)cc2)cc1)n1cc(C)cc(Cc2ccccc2)c1=O. The van der Waals surface area contributed by atoms with Gasteiger partial charge in [0.1, 0.15) is 6.04 Å². The molecule has 0 aliphatic heterocycles. The molecule has 212 valence electrons. The molecule has 0 aliphatic rings. The van der Waals surface area contributed by atoms with Crippen molar-refractivity contribution in [2.75, 3.05) is 0 Å². The van der Waals surface area contributed by atoms with E-state index >= 15 is 0 Å². The van der Waals surface area contributed by atoms with Crippen molar-refractivity contribution in [2.45, 2.75) is 65.0 Å². The molecule has 0 radical (unpaired) electrons. The number of amides is 1. The Morgan fingerprint density at radius 1 is 0.878 bits per heavy atom. The summed E-state index contributed by atoms with van der Waals surface area (Å²) in [6.45, 7) is 5.99. The van der Waals surface area contributed by atoms with E-state index in [1.54, 1.807) is 6.20 Å². The summed E-state index contributed by atoms with van der Waals surface area (Å²) in [6, 6.07) is 26.0. The Bertz CT molecular complexity index is 1520. The van der Waals surface area contributed by atoms with Crippen LogP contribution in [-0.4, -0.2) is 21.6 Å². The zero-order chi connectivity index (χ0) is 29.4. The van der Waals surface area contributed by atoms with Crippen LogP contribution < -0.4 is 10.9 Å². The highest BCUT2D eigenvalue weighted by molar-refractivity contribution is 5.81. The van der Waals surface area contributed by atoms with E-state index in [1.165, 1.54) is 10.1 Å². The summed E-state index contributed by atoms with van der Waals surface area (Å²) in [5.74, 6) is -1.37. The average molecular weight is 551 g/mol. The quantitative estimate of drug-likeness (QED) is 0.203. The molecule has 2 atom stereocenters. The zero-order valence-electron chi connectivity index (χ0n) is 24.0. The predicted octanol–water partition coefficient (Wildman–Crippen LogP) is 6.79. The van der Waals surface area contributed by atoms with Gasteiger partial charge in [0.15, 0.2) is 0 Å². The van der Waals surface area contributed by atoms with E-state index in [9.17, 15) is 19.5 Å². The van der Waals surface area contributed by atoms with Crippen LogP contribution in [0.25, 0.3) is 11.1 Å². The summed E-state index contributed by atoms with van der Waals surface area (Å²) in [6.07, 6.45) is 4.03. The van der Waals surface area contributed by atoms with E-state index in [-0.39, 0.29) is 17.9 Å². The molecule has 0 fully saturated rings. The van der Waals surface area contributed by atoms with Crippen molar-refractivity contribution in [1.29, 1.82) is 0 Å². The number of aryl methyl sites for hydroxylation is 2. The van der Waals surface area contributed by atoms with Crippen molar-refractivity contribution in [3.05, 3.63) is 129 Å². The zero-order valence-corrected chi connectivity index (χ0v) is 24.0. The number of carbonyl (C=O) groups is 2. The number of hydrogen-bond acceptors (Lipinski definition) is 3. The van der Waals surface area contributed by atoms with Gasteiger partial charge in [0.2, 0.25) is 5.91 Å². The van der Waals surface area contributed by atoms with Gasteiger partial charge in [-0.15, -0.1) is 0 Å². The fourth-order valence-electron chi connectivity index (χ4n) is 5.13. The largest absolute Gasteiger partial charge is 0.481 e. The van der Waals surface area contributed by atoms with Gasteiger partial charge in [-0.25, -0.2) is 0 Å². The number of carbonyl (C=O) groups excluding carboxylic acids is 1. The summed E-state index contributed by atoms with van der Waals surface area (Å²) in [5, 5.41) is 12.6. The second-order valence-electron chi connectivity index (χ2n) is 10.7. The van der Waals surface area contributed by atoms with Crippen LogP contribution in [0.15, 0.2) is 95.9 Å². The first-order valence-corrected chi connectivity index (χ1v) is 14.2. The number of pyridine rings is 1. The van der Waals surface area contributed by atoms with Crippen molar-refractivity contribution in [3.63, 3.8) is 0 Å². The maximum absolute atomic E-state index is 13.8. The van der Waals surface area contributed by atoms with E-state index in [0.717, 1.165) is 35.1 Å². The predicted molar refractivity (Wildman–Crippen MR) is 163 cm³/mol. The Hall–Kier alpha value is -4.45. The minimum Gasteiger partial charge on any atom is -0.481 e. The van der Waals surface area contributed by atoms with Crippen LogP contribution in [0.4, 0.5) is 0 Å². The topological polar surface area (TPSA) is 88.4 Å². The third-order valence-electron chi connectivity index (χ3n) is 7.35. The number of nitrogens with one attached hydrogen (secondary N) is 1. The molecular weight excluding hydrogens is 512 g/mol. The molecule has 4 aromatic rings. The molecule has 0 spiro atoms. The first-order valence-electron chi connectivity index (χ1n) is 14.2. The minimum atomic E-state index is -1.01. The molecule has 1 aromatic heterocycles. The van der Waals surface area contributed by atoms with Crippen LogP contribution in [0, 0.1) is 13.8 Å². The van der Waals surface area contributed by atoms with Gasteiger partial charge in [0.05, 0.1) is 12.5 Å². The first kappa shape index (κ1) is 29.5. The number of aromatic nitrogens is 1. The van der Waals surface area contributed by atoms with Crippen LogP contribution in [0.1, 0.15) is 72.5 Å². The summed E-state index contributed by atoms with van der Waals surface area (Å²) in [4.78, 5) is 39.3. The van der Waals surface area contributed by atoms with Crippen LogP contribution in [-0.2, 0) is 16.0 Å². The monoisotopic (exact) mass is 550 g/mol. The molecule has 0 bridgehead atoms. The smallest absolute Gasteiger partial charge is 0.305 e. The third-order valence-corrected chi connectivity index (χ3v) is 7.35. The van der Waals surface area contributed by atoms with Crippen molar-refractivity contribution >= 4 is 11.9 Å². The second kappa shape index (κ2) is 13.8. The first-order chi connectivity index (χ1) is 19.7. The highest BCUT2D eigenvalue weighted by atomic mass is 16.4. The number of carboxylic acid groups (broad SMARTS) is 1. The Balaban J connectivity index is 1.62. The fraction of sp³-hybridized carbons (Fsp3) is 0.286. The normalized spacial score (nSPS) is 12.5. The summed E-state index contributed by atoms with van der Waals surface area (Å²) < 4.78 is 1.54. The number of unbranched alkanes of at least 4 members (excludes halogenated alkanes) is 1. The van der Waals surface area contributed by atoms with Crippen LogP contribution >= 0.6 is 0 Å². The van der Waals surface area contributed by atoms with Gasteiger partial charge in [-0.2, -0.15) is 0 Å². The number of benzene rings is 3. The highest BCUT2D eigenvalue weighted by Gasteiger charge is 2.26. The molecule has 4 rings (SSSR count). The van der Waals surface area contributed by atoms with Gasteiger partial charge in [-0.1, -0.05) is 104 Å². The van der Waals surface area contributed by atoms with Crippen molar-refractivity contribution in [2.24, 2.45) is 0 Å². The van der Waals surface area contributed by atoms with Crippen molar-refractivity contribution in [3.8, 4) is 11.1 Å². The molecule has 2 N–H and O–H groups in total. The fourth-order valence-corrected chi connectivity index (χ4v) is 5.13. The molecule has 3 aromatic carbocycles. The van der Waals surface area contributed by atoms with Crippen LogP contribution in [0.3, 0.4) is 0 Å². The number of nitrogens with zero attached hydrogens (tertiary/aromatic N) is 1. The highest BCUT2D eigenvalue weighted by Crippen LogP contribution is 2.25. The summed E-state index contributed by atoms with van der Waals surface area (Å²) in [7, 11) is 0. The molecule has 0 saturated heterocycles. The Morgan fingerprint density at radius 2 is 1.51 bits per heavy atom. The van der Waals surface area contributed by atoms with Gasteiger partial charge in [0, 0.05) is 18.2 Å². The van der Waals surface area contributed by atoms with Gasteiger partial charge in [0.25, 0.3) is 5.56 Å². The molecule has 6 heteroatoms. The molecule has 0 saturated carbocycles. The van der Waals surface area contributed by atoms with Gasteiger partial charge in [-0.05, 0) is 54.2 Å². The van der Waals surface area contributed by atoms with E-state index < -0.39 is 18.1 Å². The Labute approximate surface area is 241 Å². The van der Waals surface area contributed by atoms with Crippen molar-refractivity contribution < 1.29 is 14.7 Å². The molecule has 41 heavy (non-hydrogen) atoms. The molecule has 1 amide bonds. The Morgan fingerprint density at radius 3 is 2.12 bits per heavy atom. The summed E-state index contributed by atoms with van der Waals surface area (Å²) in [5.41, 5.74) is 6.27. The maximum Gasteiger partial charge on any atom is 0.305 e. The van der Waals surface area contributed by atoms with Crippen LogP contribution in [0.5, 0.6) is 0 Å². The number of rotatable bonds is 12. The molecule has 0 aliphatic carbocycles. The lowest BCUT2D eigenvalue weighted by molar-refractivity contribution is -0.137. The average Bonchev–Trinajstić information content (AvgIpc) is 2.96. The second-order valence-corrected chi connectivity index (χ2v) is 10.7. The molecule has 1 unspecified atom stereocenters. The van der Waals surface area contributed by atoms with Gasteiger partial charge >= 0.3 is 5.97 Å². The van der Waals surface area contributed by atoms with Crippen LogP contribution in [0.2, 0.25) is 0 Å².